The Hall–Kier alpha value is -2.04. The van der Waals surface area contributed by atoms with Gasteiger partial charge < -0.3 is 14.6 Å². The van der Waals surface area contributed by atoms with Crippen LogP contribution in [-0.4, -0.2) is 26.9 Å². The number of anilines is 2. The highest BCUT2D eigenvalue weighted by molar-refractivity contribution is 5.64. The maximum Gasteiger partial charge on any atom is 0.231 e. The van der Waals surface area contributed by atoms with E-state index in [4.69, 9.17) is 0 Å². The van der Waals surface area contributed by atoms with Crippen LogP contribution in [0, 0.1) is 13.8 Å². The molecule has 17 heavy (non-hydrogen) atoms. The number of rotatable bonds is 2. The highest BCUT2D eigenvalue weighted by Crippen LogP contribution is 2.30. The lowest BCUT2D eigenvalue weighted by molar-refractivity contribution is 0.471. The van der Waals surface area contributed by atoms with Crippen molar-refractivity contribution in [2.24, 2.45) is 7.05 Å². The summed E-state index contributed by atoms with van der Waals surface area (Å²) in [5.74, 6) is 1.88. The lowest BCUT2D eigenvalue weighted by atomic mass is 10.1. The van der Waals surface area contributed by atoms with E-state index in [0.717, 1.165) is 23.0 Å². The molecule has 1 aromatic carbocycles. The van der Waals surface area contributed by atoms with Crippen LogP contribution in [0.3, 0.4) is 0 Å². The van der Waals surface area contributed by atoms with Crippen molar-refractivity contribution in [1.29, 1.82) is 0 Å². The molecule has 0 fully saturated rings. The quantitative estimate of drug-likeness (QED) is 0.859. The van der Waals surface area contributed by atoms with Crippen LogP contribution in [0.4, 0.5) is 11.6 Å². The molecule has 0 atom stereocenters. The van der Waals surface area contributed by atoms with Gasteiger partial charge in [0, 0.05) is 19.7 Å². The number of aromatic hydroxyl groups is 1. The summed E-state index contributed by atoms with van der Waals surface area (Å²) in [7, 11) is 3.82. The summed E-state index contributed by atoms with van der Waals surface area (Å²) in [6, 6.07) is 5.44. The minimum atomic E-state index is 0.285. The third-order valence-electron chi connectivity index (χ3n) is 3.01. The Kier molecular flexibility index (Phi) is 2.75. The van der Waals surface area contributed by atoms with Crippen LogP contribution in [0.25, 0.3) is 0 Å². The molecule has 1 heterocycles. The molecular weight excluding hydrogens is 216 g/mol. The van der Waals surface area contributed by atoms with Crippen LogP contribution in [0.15, 0.2) is 18.2 Å². The van der Waals surface area contributed by atoms with E-state index < -0.39 is 0 Å². The molecule has 0 aliphatic heterocycles. The van der Waals surface area contributed by atoms with Crippen LogP contribution in [0.2, 0.25) is 0 Å². The highest BCUT2D eigenvalue weighted by atomic mass is 16.3. The van der Waals surface area contributed by atoms with Gasteiger partial charge in [-0.25, -0.2) is 0 Å². The van der Waals surface area contributed by atoms with E-state index >= 15 is 0 Å². The molecule has 0 spiro atoms. The van der Waals surface area contributed by atoms with Gasteiger partial charge in [0.05, 0.1) is 5.69 Å². The molecule has 90 valence electrons. The average molecular weight is 232 g/mol. The third-order valence-corrected chi connectivity index (χ3v) is 3.01. The molecule has 5 heteroatoms. The number of aromatic nitrogens is 3. The monoisotopic (exact) mass is 232 g/mol. The molecule has 2 aromatic rings. The number of hydrogen-bond acceptors (Lipinski definition) is 4. The standard InChI is InChI=1S/C12H16N4O/c1-8-10(6-5-7-11(8)17)16(4)12-14-13-9(2)15(12)3/h5-7,17H,1-4H3. The third kappa shape index (κ3) is 1.84. The lowest BCUT2D eigenvalue weighted by Crippen LogP contribution is -2.15. The summed E-state index contributed by atoms with van der Waals surface area (Å²) in [4.78, 5) is 1.91. The SMILES string of the molecule is Cc1c(O)cccc1N(C)c1nnc(C)n1C. The predicted octanol–water partition coefficient (Wildman–Crippen LogP) is 1.91. The minimum Gasteiger partial charge on any atom is -0.508 e. The molecule has 1 N–H and O–H groups in total. The van der Waals surface area contributed by atoms with Gasteiger partial charge in [-0.2, -0.15) is 0 Å². The zero-order chi connectivity index (χ0) is 12.6. The lowest BCUT2D eigenvalue weighted by Gasteiger charge is -2.20. The fourth-order valence-electron chi connectivity index (χ4n) is 1.77. The Bertz CT molecular complexity index is 547. The van der Waals surface area contributed by atoms with E-state index in [9.17, 15) is 5.11 Å². The van der Waals surface area contributed by atoms with E-state index in [0.29, 0.717) is 0 Å². The summed E-state index contributed by atoms with van der Waals surface area (Å²) in [6.07, 6.45) is 0. The van der Waals surface area contributed by atoms with Crippen molar-refractivity contribution < 1.29 is 5.11 Å². The number of nitrogens with zero attached hydrogens (tertiary/aromatic N) is 4. The van der Waals surface area contributed by atoms with Crippen molar-refractivity contribution in [3.63, 3.8) is 0 Å². The Morgan fingerprint density at radius 1 is 1.24 bits per heavy atom. The molecule has 0 aliphatic carbocycles. The van der Waals surface area contributed by atoms with Crippen LogP contribution in [0.5, 0.6) is 5.75 Å². The first-order valence-electron chi connectivity index (χ1n) is 5.40. The van der Waals surface area contributed by atoms with Gasteiger partial charge in [0.15, 0.2) is 0 Å². The topological polar surface area (TPSA) is 54.2 Å². The number of hydrogen-bond donors (Lipinski definition) is 1. The van der Waals surface area contributed by atoms with Gasteiger partial charge in [0.2, 0.25) is 5.95 Å². The second-order valence-corrected chi connectivity index (χ2v) is 4.09. The molecule has 0 saturated carbocycles. The first-order valence-corrected chi connectivity index (χ1v) is 5.40. The smallest absolute Gasteiger partial charge is 0.231 e. The normalized spacial score (nSPS) is 10.6. The molecule has 5 nitrogen and oxygen atoms in total. The van der Waals surface area contributed by atoms with Crippen LogP contribution in [-0.2, 0) is 7.05 Å². The maximum absolute atomic E-state index is 9.70. The van der Waals surface area contributed by atoms with Crippen molar-refractivity contribution in [3.8, 4) is 5.75 Å². The number of phenolic OH excluding ortho intramolecular Hbond substituents is 1. The van der Waals surface area contributed by atoms with Crippen LogP contribution < -0.4 is 4.90 Å². The fourth-order valence-corrected chi connectivity index (χ4v) is 1.77. The van der Waals surface area contributed by atoms with E-state index in [1.165, 1.54) is 0 Å². The van der Waals surface area contributed by atoms with Crippen LogP contribution in [0.1, 0.15) is 11.4 Å². The summed E-state index contributed by atoms with van der Waals surface area (Å²) >= 11 is 0. The molecule has 0 saturated heterocycles. The molecule has 0 unspecified atom stereocenters. The highest BCUT2D eigenvalue weighted by Gasteiger charge is 2.14. The Morgan fingerprint density at radius 3 is 2.53 bits per heavy atom. The molecule has 0 amide bonds. The van der Waals surface area contributed by atoms with Crippen molar-refractivity contribution in [2.75, 3.05) is 11.9 Å². The Labute approximate surface area is 100 Å². The molecule has 0 radical (unpaired) electrons. The van der Waals surface area contributed by atoms with Crippen molar-refractivity contribution in [3.05, 3.63) is 29.6 Å². The molecule has 1 aromatic heterocycles. The summed E-state index contributed by atoms with van der Waals surface area (Å²) in [5, 5.41) is 17.8. The number of phenols is 1. The minimum absolute atomic E-state index is 0.285. The Morgan fingerprint density at radius 2 is 1.94 bits per heavy atom. The van der Waals surface area contributed by atoms with Crippen molar-refractivity contribution in [2.45, 2.75) is 13.8 Å². The molecule has 0 aliphatic rings. The van der Waals surface area contributed by atoms with Gasteiger partial charge in [-0.05, 0) is 26.0 Å². The van der Waals surface area contributed by atoms with E-state index in [2.05, 4.69) is 10.2 Å². The molecular formula is C12H16N4O. The van der Waals surface area contributed by atoms with E-state index in [1.54, 1.807) is 6.07 Å². The average Bonchev–Trinajstić information content (AvgIpc) is 2.63. The zero-order valence-corrected chi connectivity index (χ0v) is 10.5. The molecule has 2 rings (SSSR count). The number of aryl methyl sites for hydroxylation is 1. The van der Waals surface area contributed by atoms with Gasteiger partial charge in [-0.1, -0.05) is 6.07 Å². The van der Waals surface area contributed by atoms with E-state index in [1.807, 2.05) is 49.5 Å². The van der Waals surface area contributed by atoms with Gasteiger partial charge in [0.25, 0.3) is 0 Å². The summed E-state index contributed by atoms with van der Waals surface area (Å²) in [5.41, 5.74) is 1.75. The largest absolute Gasteiger partial charge is 0.508 e. The van der Waals surface area contributed by atoms with Crippen molar-refractivity contribution >= 4 is 11.6 Å². The van der Waals surface area contributed by atoms with Gasteiger partial charge >= 0.3 is 0 Å². The summed E-state index contributed by atoms with van der Waals surface area (Å²) < 4.78 is 1.91. The zero-order valence-electron chi connectivity index (χ0n) is 10.5. The first kappa shape index (κ1) is 11.4. The summed E-state index contributed by atoms with van der Waals surface area (Å²) in [6.45, 7) is 3.78. The van der Waals surface area contributed by atoms with Gasteiger partial charge in [-0.15, -0.1) is 10.2 Å². The molecule has 0 bridgehead atoms. The van der Waals surface area contributed by atoms with Gasteiger partial charge in [-0.3, -0.25) is 0 Å². The fraction of sp³-hybridized carbons (Fsp3) is 0.333. The predicted molar refractivity (Wildman–Crippen MR) is 66.6 cm³/mol. The van der Waals surface area contributed by atoms with E-state index in [-0.39, 0.29) is 5.75 Å². The Balaban J connectivity index is 2.47. The second-order valence-electron chi connectivity index (χ2n) is 4.09. The maximum atomic E-state index is 9.70. The second kappa shape index (κ2) is 4.08. The number of benzene rings is 1. The first-order chi connectivity index (χ1) is 8.02. The van der Waals surface area contributed by atoms with Gasteiger partial charge in [0.1, 0.15) is 11.6 Å². The van der Waals surface area contributed by atoms with Crippen LogP contribution >= 0.6 is 0 Å². The van der Waals surface area contributed by atoms with Crippen molar-refractivity contribution in [1.82, 2.24) is 14.8 Å².